The fraction of sp³-hybridized carbons (Fsp3) is 0.462. The third-order valence-electron chi connectivity index (χ3n) is 2.37. The number of hydrogen-bond acceptors (Lipinski definition) is 2. The molecule has 0 spiro atoms. The lowest BCUT2D eigenvalue weighted by Gasteiger charge is -2.08. The summed E-state index contributed by atoms with van der Waals surface area (Å²) in [5, 5.41) is 9.65. The van der Waals surface area contributed by atoms with Gasteiger partial charge in [0.05, 0.1) is 6.10 Å². The second-order valence-corrected chi connectivity index (χ2v) is 3.64. The summed E-state index contributed by atoms with van der Waals surface area (Å²) in [6.45, 7) is 0. The molecule has 0 bridgehead atoms. The number of rotatable bonds is 6. The zero-order valence-electron chi connectivity index (χ0n) is 8.89. The van der Waals surface area contributed by atoms with Gasteiger partial charge < -0.3 is 5.11 Å². The first kappa shape index (κ1) is 11.7. The van der Waals surface area contributed by atoms with Crippen LogP contribution in [-0.2, 0) is 6.42 Å². The van der Waals surface area contributed by atoms with Crippen molar-refractivity contribution >= 4 is 0 Å². The summed E-state index contributed by atoms with van der Waals surface area (Å²) < 4.78 is 0. The van der Waals surface area contributed by atoms with Crippen LogP contribution in [0.1, 0.15) is 31.2 Å². The Balaban J connectivity index is 2.17. The van der Waals surface area contributed by atoms with Crippen molar-refractivity contribution in [2.45, 2.75) is 38.2 Å². The summed E-state index contributed by atoms with van der Waals surface area (Å²) in [5.41, 5.74) is 1.22. The molecule has 0 aliphatic heterocycles. The number of hydrogen-bond donors (Lipinski definition) is 1. The van der Waals surface area contributed by atoms with Crippen LogP contribution < -0.4 is 0 Å². The van der Waals surface area contributed by atoms with Gasteiger partial charge in [0.1, 0.15) is 0 Å². The van der Waals surface area contributed by atoms with E-state index in [1.807, 2.05) is 12.1 Å². The molecule has 0 aliphatic carbocycles. The van der Waals surface area contributed by atoms with Gasteiger partial charge in [0.2, 0.25) is 0 Å². The van der Waals surface area contributed by atoms with E-state index >= 15 is 0 Å². The first-order valence-electron chi connectivity index (χ1n) is 5.33. The van der Waals surface area contributed by atoms with Gasteiger partial charge in [-0.1, -0.05) is 0 Å². The van der Waals surface area contributed by atoms with Gasteiger partial charge in [-0.25, -0.2) is 0 Å². The molecule has 0 aliphatic rings. The number of terminal acetylenes is 1. The molecule has 15 heavy (non-hydrogen) atoms. The summed E-state index contributed by atoms with van der Waals surface area (Å²) in [7, 11) is 0. The highest BCUT2D eigenvalue weighted by Crippen LogP contribution is 2.08. The predicted octanol–water partition coefficient (Wildman–Crippen LogP) is 2.18. The Morgan fingerprint density at radius 2 is 2.07 bits per heavy atom. The van der Waals surface area contributed by atoms with Gasteiger partial charge in [0.15, 0.2) is 0 Å². The van der Waals surface area contributed by atoms with E-state index in [9.17, 15) is 5.11 Å². The van der Waals surface area contributed by atoms with E-state index in [0.29, 0.717) is 0 Å². The van der Waals surface area contributed by atoms with Crippen LogP contribution in [0.3, 0.4) is 0 Å². The maximum Gasteiger partial charge on any atom is 0.0543 e. The third kappa shape index (κ3) is 5.19. The molecule has 0 fully saturated rings. The van der Waals surface area contributed by atoms with Crippen LogP contribution in [0.2, 0.25) is 0 Å². The first-order chi connectivity index (χ1) is 7.33. The molecule has 1 unspecified atom stereocenters. The predicted molar refractivity (Wildman–Crippen MR) is 61.2 cm³/mol. The van der Waals surface area contributed by atoms with Gasteiger partial charge in [0, 0.05) is 18.8 Å². The van der Waals surface area contributed by atoms with Crippen molar-refractivity contribution in [2.75, 3.05) is 0 Å². The molecule has 1 aromatic rings. The molecule has 80 valence electrons. The lowest BCUT2D eigenvalue weighted by molar-refractivity contribution is 0.153. The normalized spacial score (nSPS) is 12.0. The van der Waals surface area contributed by atoms with Crippen LogP contribution in [0.5, 0.6) is 0 Å². The minimum absolute atomic E-state index is 0.230. The average Bonchev–Trinajstić information content (AvgIpc) is 2.28. The summed E-state index contributed by atoms with van der Waals surface area (Å²) in [5.74, 6) is 2.58. The number of aryl methyl sites for hydroxylation is 1. The summed E-state index contributed by atoms with van der Waals surface area (Å²) in [6.07, 6.45) is 12.6. The van der Waals surface area contributed by atoms with Crippen LogP contribution in [0.15, 0.2) is 24.5 Å². The maximum absolute atomic E-state index is 9.65. The lowest BCUT2D eigenvalue weighted by Crippen LogP contribution is -2.07. The third-order valence-corrected chi connectivity index (χ3v) is 2.37. The second kappa shape index (κ2) is 7.03. The van der Waals surface area contributed by atoms with Crippen LogP contribution >= 0.6 is 0 Å². The molecule has 1 N–H and O–H groups in total. The second-order valence-electron chi connectivity index (χ2n) is 3.64. The molecule has 0 saturated heterocycles. The van der Waals surface area contributed by atoms with E-state index in [2.05, 4.69) is 10.9 Å². The van der Waals surface area contributed by atoms with Gasteiger partial charge in [-0.2, -0.15) is 0 Å². The topological polar surface area (TPSA) is 33.1 Å². The number of aliphatic hydroxyl groups excluding tert-OH is 1. The number of aromatic nitrogens is 1. The van der Waals surface area contributed by atoms with Crippen molar-refractivity contribution in [1.29, 1.82) is 0 Å². The Bertz CT molecular complexity index is 302. The van der Waals surface area contributed by atoms with Gasteiger partial charge in [-0.05, 0) is 43.4 Å². The number of aliphatic hydroxyl groups is 1. The lowest BCUT2D eigenvalue weighted by atomic mass is 10.0. The molecule has 1 rings (SSSR count). The molecule has 0 saturated carbocycles. The fourth-order valence-electron chi connectivity index (χ4n) is 1.47. The maximum atomic E-state index is 9.65. The monoisotopic (exact) mass is 203 g/mol. The highest BCUT2D eigenvalue weighted by molar-refractivity contribution is 5.09. The summed E-state index contributed by atoms with van der Waals surface area (Å²) in [6, 6.07) is 3.96. The molecule has 1 atom stereocenters. The summed E-state index contributed by atoms with van der Waals surface area (Å²) >= 11 is 0. The molecule has 0 amide bonds. The zero-order chi connectivity index (χ0) is 10.9. The molecular weight excluding hydrogens is 186 g/mol. The van der Waals surface area contributed by atoms with E-state index in [4.69, 9.17) is 6.42 Å². The SMILES string of the molecule is C#CCCCC(O)CCc1ccncc1. The Morgan fingerprint density at radius 1 is 1.33 bits per heavy atom. The molecule has 2 heteroatoms. The Morgan fingerprint density at radius 3 is 2.73 bits per heavy atom. The van der Waals surface area contributed by atoms with Crippen LogP contribution in [0.25, 0.3) is 0 Å². The zero-order valence-corrected chi connectivity index (χ0v) is 8.89. The van der Waals surface area contributed by atoms with Gasteiger partial charge >= 0.3 is 0 Å². The minimum atomic E-state index is -0.230. The Labute approximate surface area is 91.4 Å². The fourth-order valence-corrected chi connectivity index (χ4v) is 1.47. The van der Waals surface area contributed by atoms with Crippen molar-refractivity contribution in [3.8, 4) is 12.3 Å². The highest BCUT2D eigenvalue weighted by atomic mass is 16.3. The van der Waals surface area contributed by atoms with E-state index in [0.717, 1.165) is 32.1 Å². The van der Waals surface area contributed by atoms with E-state index in [1.165, 1.54) is 5.56 Å². The number of nitrogens with zero attached hydrogens (tertiary/aromatic N) is 1. The van der Waals surface area contributed by atoms with E-state index in [1.54, 1.807) is 12.4 Å². The van der Waals surface area contributed by atoms with Crippen molar-refractivity contribution in [3.63, 3.8) is 0 Å². The van der Waals surface area contributed by atoms with Crippen molar-refractivity contribution in [3.05, 3.63) is 30.1 Å². The van der Waals surface area contributed by atoms with Crippen LogP contribution in [-0.4, -0.2) is 16.2 Å². The molecule has 2 nitrogen and oxygen atoms in total. The summed E-state index contributed by atoms with van der Waals surface area (Å²) in [4.78, 5) is 3.95. The molecule has 0 aromatic carbocycles. The number of pyridine rings is 1. The molecule has 0 radical (unpaired) electrons. The molecular formula is C13H17NO. The first-order valence-corrected chi connectivity index (χ1v) is 5.33. The van der Waals surface area contributed by atoms with Crippen molar-refractivity contribution in [1.82, 2.24) is 4.98 Å². The minimum Gasteiger partial charge on any atom is -0.393 e. The molecule has 1 heterocycles. The average molecular weight is 203 g/mol. The largest absolute Gasteiger partial charge is 0.393 e. The van der Waals surface area contributed by atoms with Crippen LogP contribution in [0.4, 0.5) is 0 Å². The quantitative estimate of drug-likeness (QED) is 0.568. The van der Waals surface area contributed by atoms with Gasteiger partial charge in [0.25, 0.3) is 0 Å². The van der Waals surface area contributed by atoms with Crippen molar-refractivity contribution in [2.24, 2.45) is 0 Å². The Hall–Kier alpha value is -1.33. The van der Waals surface area contributed by atoms with E-state index < -0.39 is 0 Å². The van der Waals surface area contributed by atoms with Crippen LogP contribution in [0, 0.1) is 12.3 Å². The highest BCUT2D eigenvalue weighted by Gasteiger charge is 2.03. The Kier molecular flexibility index (Phi) is 5.50. The van der Waals surface area contributed by atoms with E-state index in [-0.39, 0.29) is 6.10 Å². The van der Waals surface area contributed by atoms with Crippen molar-refractivity contribution < 1.29 is 5.11 Å². The van der Waals surface area contributed by atoms with Gasteiger partial charge in [-0.3, -0.25) is 4.98 Å². The van der Waals surface area contributed by atoms with Gasteiger partial charge in [-0.15, -0.1) is 12.3 Å². The molecule has 1 aromatic heterocycles. The standard InChI is InChI=1S/C13H17NO/c1-2-3-4-5-13(15)7-6-12-8-10-14-11-9-12/h1,8-11,13,15H,3-7H2. The number of unbranched alkanes of at least 4 members (excludes halogenated alkanes) is 1. The smallest absolute Gasteiger partial charge is 0.0543 e.